The zero-order valence-corrected chi connectivity index (χ0v) is 25.2. The van der Waals surface area contributed by atoms with Gasteiger partial charge in [-0.1, -0.05) is 24.3 Å². The van der Waals surface area contributed by atoms with Crippen LogP contribution in [0.25, 0.3) is 22.0 Å². The van der Waals surface area contributed by atoms with Crippen LogP contribution < -0.4 is 10.5 Å². The maximum absolute atomic E-state index is 13.5. The van der Waals surface area contributed by atoms with Crippen molar-refractivity contribution in [2.45, 2.75) is 51.4 Å². The number of rotatable bonds is 13. The van der Waals surface area contributed by atoms with Crippen LogP contribution in [0.1, 0.15) is 26.3 Å². The number of aromatic amines is 1. The van der Waals surface area contributed by atoms with E-state index in [0.29, 0.717) is 24.3 Å². The van der Waals surface area contributed by atoms with E-state index in [9.17, 15) is 27.6 Å². The van der Waals surface area contributed by atoms with E-state index in [1.165, 1.54) is 41.3 Å². The Hall–Kier alpha value is -4.14. The zero-order chi connectivity index (χ0) is 32.7. The molecule has 244 valence electrons. The third-order valence-corrected chi connectivity index (χ3v) is 6.85. The number of H-pyrrole nitrogens is 1. The van der Waals surface area contributed by atoms with Crippen LogP contribution in [0.3, 0.4) is 0 Å². The standard InChI is InChI=1S/C31H35F3N2O9/c1-18(14-40-4)41-15-19(2)42-16-20(3)44-30(39)43-17-23-13-36(29(38)45-23)22-10-9-21-11-27(35-28(37)25(21)12-22)24-7-5-6-8-26(24)31(32,33)34/h5-12,18-20,23H,13-17H2,1-4H3,(H,35,37). The predicted octanol–water partition coefficient (Wildman–Crippen LogP) is 5.54. The number of ether oxygens (including phenoxy) is 6. The van der Waals surface area contributed by atoms with E-state index < -0.39 is 41.8 Å². The van der Waals surface area contributed by atoms with Crippen LogP contribution in [-0.2, 0) is 34.6 Å². The molecule has 1 aliphatic heterocycles. The molecule has 0 spiro atoms. The second-order valence-electron chi connectivity index (χ2n) is 10.7. The molecule has 0 aliphatic carbocycles. The molecule has 4 rings (SSSR count). The van der Waals surface area contributed by atoms with E-state index in [1.54, 1.807) is 20.1 Å². The summed E-state index contributed by atoms with van der Waals surface area (Å²) in [5.74, 6) is 0. The van der Waals surface area contributed by atoms with Crippen LogP contribution >= 0.6 is 0 Å². The molecule has 4 atom stereocenters. The normalized spacial score (nSPS) is 17.2. The number of cyclic esters (lactones) is 1. The zero-order valence-electron chi connectivity index (χ0n) is 25.2. The van der Waals surface area contributed by atoms with Gasteiger partial charge < -0.3 is 33.4 Å². The van der Waals surface area contributed by atoms with Gasteiger partial charge in [-0.15, -0.1) is 0 Å². The fraction of sp³-hybridized carbons (Fsp3) is 0.452. The van der Waals surface area contributed by atoms with Gasteiger partial charge in [0, 0.05) is 29.4 Å². The second-order valence-corrected chi connectivity index (χ2v) is 10.7. The highest BCUT2D eigenvalue weighted by Gasteiger charge is 2.35. The van der Waals surface area contributed by atoms with E-state index in [1.807, 2.05) is 13.8 Å². The summed E-state index contributed by atoms with van der Waals surface area (Å²) in [6.07, 6.45) is -8.03. The minimum atomic E-state index is -4.61. The number of benzene rings is 2. The van der Waals surface area contributed by atoms with E-state index in [4.69, 9.17) is 28.4 Å². The summed E-state index contributed by atoms with van der Waals surface area (Å²) in [6, 6.07) is 10.9. The Balaban J connectivity index is 1.31. The van der Waals surface area contributed by atoms with Gasteiger partial charge in [0.1, 0.15) is 12.7 Å². The number of anilines is 1. The van der Waals surface area contributed by atoms with Crippen molar-refractivity contribution >= 4 is 28.7 Å². The predicted molar refractivity (Wildman–Crippen MR) is 157 cm³/mol. The lowest BCUT2D eigenvalue weighted by Crippen LogP contribution is -2.29. The maximum Gasteiger partial charge on any atom is 0.508 e. The molecule has 1 aliphatic rings. The minimum absolute atomic E-state index is 0.00912. The summed E-state index contributed by atoms with van der Waals surface area (Å²) in [6.45, 7) is 6.00. The fourth-order valence-corrected chi connectivity index (χ4v) is 4.67. The average molecular weight is 637 g/mol. The second kappa shape index (κ2) is 14.8. The van der Waals surface area contributed by atoms with Crippen LogP contribution in [0.2, 0.25) is 0 Å². The van der Waals surface area contributed by atoms with Crippen molar-refractivity contribution in [1.82, 2.24) is 4.98 Å². The summed E-state index contributed by atoms with van der Waals surface area (Å²) in [5, 5.41) is 0.545. The molecule has 1 amide bonds. The van der Waals surface area contributed by atoms with Gasteiger partial charge in [0.15, 0.2) is 6.10 Å². The molecule has 1 saturated heterocycles. The van der Waals surface area contributed by atoms with Gasteiger partial charge in [-0.05, 0) is 50.4 Å². The van der Waals surface area contributed by atoms with E-state index in [0.717, 1.165) is 6.07 Å². The van der Waals surface area contributed by atoms with E-state index in [-0.39, 0.29) is 48.6 Å². The molecule has 2 aromatic carbocycles. The molecule has 3 aromatic rings. The minimum Gasteiger partial charge on any atom is -0.440 e. The van der Waals surface area contributed by atoms with Gasteiger partial charge in [-0.3, -0.25) is 9.69 Å². The Morgan fingerprint density at radius 2 is 1.69 bits per heavy atom. The number of hydrogen-bond donors (Lipinski definition) is 1. The topological polar surface area (TPSA) is 126 Å². The average Bonchev–Trinajstić information content (AvgIpc) is 3.37. The molecule has 2 heterocycles. The fourth-order valence-electron chi connectivity index (χ4n) is 4.67. The number of amides is 1. The third kappa shape index (κ3) is 8.96. The molecule has 1 N–H and O–H groups in total. The Morgan fingerprint density at radius 3 is 2.40 bits per heavy atom. The van der Waals surface area contributed by atoms with E-state index in [2.05, 4.69) is 4.98 Å². The molecular weight excluding hydrogens is 601 g/mol. The molecule has 45 heavy (non-hydrogen) atoms. The summed E-state index contributed by atoms with van der Waals surface area (Å²) < 4.78 is 72.4. The smallest absolute Gasteiger partial charge is 0.440 e. The van der Waals surface area contributed by atoms with Gasteiger partial charge in [-0.25, -0.2) is 9.59 Å². The van der Waals surface area contributed by atoms with E-state index >= 15 is 0 Å². The number of carbonyl (C=O) groups excluding carboxylic acids is 2. The first-order valence-corrected chi connectivity index (χ1v) is 14.2. The number of nitrogens with zero attached hydrogens (tertiary/aromatic N) is 1. The molecule has 14 heteroatoms. The highest BCUT2D eigenvalue weighted by Crippen LogP contribution is 2.36. The van der Waals surface area contributed by atoms with Crippen molar-refractivity contribution in [3.05, 3.63) is 64.4 Å². The van der Waals surface area contributed by atoms with Crippen LogP contribution in [-0.4, -0.2) is 81.7 Å². The van der Waals surface area contributed by atoms with Crippen molar-refractivity contribution in [1.29, 1.82) is 0 Å². The summed E-state index contributed by atoms with van der Waals surface area (Å²) >= 11 is 0. The van der Waals surface area contributed by atoms with Gasteiger partial charge >= 0.3 is 18.4 Å². The number of hydrogen-bond acceptors (Lipinski definition) is 9. The van der Waals surface area contributed by atoms with Crippen molar-refractivity contribution in [3.8, 4) is 11.3 Å². The number of carbonyl (C=O) groups is 2. The van der Waals surface area contributed by atoms with Crippen LogP contribution in [0.4, 0.5) is 28.4 Å². The molecule has 0 bridgehead atoms. The summed E-state index contributed by atoms with van der Waals surface area (Å²) in [7, 11) is 1.59. The molecule has 4 unspecified atom stereocenters. The number of alkyl halides is 3. The van der Waals surface area contributed by atoms with Crippen LogP contribution in [0.15, 0.2) is 53.3 Å². The summed E-state index contributed by atoms with van der Waals surface area (Å²) in [5.41, 5.74) is -1.33. The lowest BCUT2D eigenvalue weighted by molar-refractivity contribution is -0.137. The number of pyridine rings is 1. The highest BCUT2D eigenvalue weighted by atomic mass is 19.4. The monoisotopic (exact) mass is 636 g/mol. The number of nitrogens with one attached hydrogen (secondary N) is 1. The Kier molecular flexibility index (Phi) is 11.1. The molecule has 0 radical (unpaired) electrons. The first-order chi connectivity index (χ1) is 21.3. The van der Waals surface area contributed by atoms with Gasteiger partial charge in [0.05, 0.1) is 44.1 Å². The SMILES string of the molecule is COCC(C)OCC(C)OCC(C)OC(=O)OCC1CN(c2ccc3cc(-c4ccccc4C(F)(F)F)[nH]c(=O)c3c2)C(=O)O1. The maximum atomic E-state index is 13.5. The first-order valence-electron chi connectivity index (χ1n) is 14.2. The van der Waals surface area contributed by atoms with Crippen molar-refractivity contribution < 1.29 is 51.2 Å². The Morgan fingerprint density at radius 1 is 1.00 bits per heavy atom. The largest absolute Gasteiger partial charge is 0.508 e. The Bertz CT molecular complexity index is 1540. The summed E-state index contributed by atoms with van der Waals surface area (Å²) in [4.78, 5) is 41.5. The third-order valence-electron chi connectivity index (χ3n) is 6.85. The Labute approximate surface area is 257 Å². The molecular formula is C31H35F3N2O9. The van der Waals surface area contributed by atoms with Gasteiger partial charge in [0.25, 0.3) is 5.56 Å². The lowest BCUT2D eigenvalue weighted by atomic mass is 10.0. The quantitative estimate of drug-likeness (QED) is 0.241. The van der Waals surface area contributed by atoms with Crippen LogP contribution in [0, 0.1) is 0 Å². The molecule has 1 aromatic heterocycles. The van der Waals surface area contributed by atoms with Gasteiger partial charge in [-0.2, -0.15) is 13.2 Å². The first kappa shape index (κ1) is 33.7. The van der Waals surface area contributed by atoms with Crippen molar-refractivity contribution in [2.24, 2.45) is 0 Å². The highest BCUT2D eigenvalue weighted by molar-refractivity contribution is 5.94. The number of methoxy groups -OCH3 is 1. The van der Waals surface area contributed by atoms with Crippen molar-refractivity contribution in [2.75, 3.05) is 45.0 Å². The van der Waals surface area contributed by atoms with Crippen LogP contribution in [0.5, 0.6) is 0 Å². The van der Waals surface area contributed by atoms with Crippen molar-refractivity contribution in [3.63, 3.8) is 0 Å². The molecule has 0 saturated carbocycles. The molecule has 11 nitrogen and oxygen atoms in total. The number of fused-ring (bicyclic) bond motifs is 1. The number of halogens is 3. The van der Waals surface area contributed by atoms with Gasteiger partial charge in [0.2, 0.25) is 0 Å². The molecule has 1 fully saturated rings. The number of aromatic nitrogens is 1. The lowest BCUT2D eigenvalue weighted by Gasteiger charge is -2.19.